The Morgan fingerprint density at radius 3 is 2.50 bits per heavy atom. The van der Waals surface area contributed by atoms with Gasteiger partial charge in [-0.2, -0.15) is 0 Å². The van der Waals surface area contributed by atoms with Crippen LogP contribution in [0.15, 0.2) is 18.2 Å². The fourth-order valence-corrected chi connectivity index (χ4v) is 0.753. The zero-order valence-electron chi connectivity index (χ0n) is 7.48. The molecule has 4 nitrogen and oxygen atoms in total. The summed E-state index contributed by atoms with van der Waals surface area (Å²) in [6, 6.07) is 4.15. The molecule has 0 aliphatic rings. The summed E-state index contributed by atoms with van der Waals surface area (Å²) in [4.78, 5) is 10.1. The standard InChI is InChI=1S/C9H6O4.Li/c10-7-3-1-2-6(9(7)13)4-5-8(11)12;/h1-3,10,13H,(H,11,12);. The minimum atomic E-state index is -1.29. The Labute approximate surface area is 92.4 Å². The third-order valence-corrected chi connectivity index (χ3v) is 1.32. The van der Waals surface area contributed by atoms with Crippen molar-refractivity contribution in [3.05, 3.63) is 23.8 Å². The Morgan fingerprint density at radius 1 is 1.29 bits per heavy atom. The van der Waals surface area contributed by atoms with Crippen LogP contribution in [0.1, 0.15) is 5.56 Å². The molecule has 5 heteroatoms. The Morgan fingerprint density at radius 2 is 1.93 bits per heavy atom. The molecule has 0 saturated heterocycles. The van der Waals surface area contributed by atoms with Gasteiger partial charge in [0.2, 0.25) is 0 Å². The van der Waals surface area contributed by atoms with Gasteiger partial charge in [0.15, 0.2) is 11.5 Å². The molecule has 0 atom stereocenters. The number of phenolic OH excluding ortho intramolecular Hbond substituents is 2. The van der Waals surface area contributed by atoms with E-state index in [-0.39, 0.29) is 30.2 Å². The van der Waals surface area contributed by atoms with E-state index >= 15 is 0 Å². The number of carboxylic acids is 1. The molecule has 0 heterocycles. The molecule has 1 rings (SSSR count). The van der Waals surface area contributed by atoms with Crippen LogP contribution in [0.25, 0.3) is 0 Å². The molecule has 0 unspecified atom stereocenters. The van der Waals surface area contributed by atoms with E-state index in [0.29, 0.717) is 0 Å². The molecule has 14 heavy (non-hydrogen) atoms. The third-order valence-electron chi connectivity index (χ3n) is 1.32. The van der Waals surface area contributed by atoms with Crippen LogP contribution in [0.4, 0.5) is 0 Å². The van der Waals surface area contributed by atoms with Crippen LogP contribution in [-0.4, -0.2) is 40.1 Å². The molecule has 0 saturated carbocycles. The second kappa shape index (κ2) is 5.24. The van der Waals surface area contributed by atoms with Crippen molar-refractivity contribution in [1.29, 1.82) is 0 Å². The smallest absolute Gasteiger partial charge is 0.382 e. The average molecular weight is 185 g/mol. The second-order valence-corrected chi connectivity index (χ2v) is 2.23. The molecule has 3 N–H and O–H groups in total. The van der Waals surface area contributed by atoms with Crippen molar-refractivity contribution in [1.82, 2.24) is 0 Å². The Bertz CT molecular complexity index is 403. The average Bonchev–Trinajstić information content (AvgIpc) is 2.07. The van der Waals surface area contributed by atoms with Crippen LogP contribution in [0.2, 0.25) is 0 Å². The zero-order chi connectivity index (χ0) is 9.84. The Kier molecular flexibility index (Phi) is 4.66. The number of aromatic hydroxyl groups is 2. The zero-order valence-corrected chi connectivity index (χ0v) is 7.48. The maximum atomic E-state index is 10.1. The number of rotatable bonds is 0. The number of aliphatic carboxylic acids is 1. The van der Waals surface area contributed by atoms with Crippen LogP contribution < -0.4 is 0 Å². The predicted molar refractivity (Wildman–Crippen MR) is 50.0 cm³/mol. The van der Waals surface area contributed by atoms with Crippen LogP contribution >= 0.6 is 0 Å². The van der Waals surface area contributed by atoms with Crippen molar-refractivity contribution in [2.24, 2.45) is 0 Å². The van der Waals surface area contributed by atoms with E-state index < -0.39 is 11.7 Å². The molecule has 0 bridgehead atoms. The van der Waals surface area contributed by atoms with Gasteiger partial charge < -0.3 is 15.3 Å². The molecular formula is C9H6LiO4. The Hall–Kier alpha value is -1.55. The van der Waals surface area contributed by atoms with Gasteiger partial charge in [0.1, 0.15) is 0 Å². The van der Waals surface area contributed by atoms with Crippen molar-refractivity contribution < 1.29 is 20.1 Å². The molecule has 0 aromatic heterocycles. The van der Waals surface area contributed by atoms with Gasteiger partial charge in [-0.3, -0.25) is 0 Å². The molecular weight excluding hydrogens is 179 g/mol. The van der Waals surface area contributed by atoms with Crippen LogP contribution in [0.3, 0.4) is 0 Å². The van der Waals surface area contributed by atoms with Crippen LogP contribution in [0.5, 0.6) is 11.5 Å². The maximum absolute atomic E-state index is 10.1. The van der Waals surface area contributed by atoms with E-state index in [9.17, 15) is 4.79 Å². The molecule has 67 valence electrons. The topological polar surface area (TPSA) is 77.8 Å². The summed E-state index contributed by atoms with van der Waals surface area (Å²) >= 11 is 0. The molecule has 0 aliphatic carbocycles. The number of hydrogen-bond acceptors (Lipinski definition) is 3. The third kappa shape index (κ3) is 3.06. The molecule has 1 aromatic rings. The Balaban J connectivity index is 0.00000169. The molecule has 0 fully saturated rings. The summed E-state index contributed by atoms with van der Waals surface area (Å²) in [6.07, 6.45) is 0. The first-order valence-corrected chi connectivity index (χ1v) is 3.37. The number of benzene rings is 1. The van der Waals surface area contributed by atoms with Crippen molar-refractivity contribution in [3.63, 3.8) is 0 Å². The van der Waals surface area contributed by atoms with Gasteiger partial charge in [-0.05, 0) is 12.1 Å². The maximum Gasteiger partial charge on any atom is 0.382 e. The van der Waals surface area contributed by atoms with Gasteiger partial charge in [0.05, 0.1) is 5.56 Å². The van der Waals surface area contributed by atoms with E-state index in [1.54, 1.807) is 0 Å². The first-order valence-electron chi connectivity index (χ1n) is 3.37. The number of hydrogen-bond donors (Lipinski definition) is 3. The van der Waals surface area contributed by atoms with Crippen LogP contribution in [-0.2, 0) is 4.79 Å². The number of phenols is 2. The van der Waals surface area contributed by atoms with Gasteiger partial charge >= 0.3 is 5.97 Å². The summed E-state index contributed by atoms with van der Waals surface area (Å²) in [5.74, 6) is 2.00. The monoisotopic (exact) mass is 185 g/mol. The van der Waals surface area contributed by atoms with Crippen LogP contribution in [0, 0.1) is 11.8 Å². The van der Waals surface area contributed by atoms with Gasteiger partial charge in [0.25, 0.3) is 0 Å². The molecule has 0 amide bonds. The van der Waals surface area contributed by atoms with E-state index in [1.165, 1.54) is 18.2 Å². The quantitative estimate of drug-likeness (QED) is 0.305. The van der Waals surface area contributed by atoms with Gasteiger partial charge in [-0.1, -0.05) is 12.0 Å². The number of para-hydroxylation sites is 1. The minimum absolute atomic E-state index is 0. The van der Waals surface area contributed by atoms with Gasteiger partial charge in [-0.25, -0.2) is 4.79 Å². The normalized spacial score (nSPS) is 8.00. The predicted octanol–water partition coefficient (Wildman–Crippen LogP) is 0.153. The second-order valence-electron chi connectivity index (χ2n) is 2.23. The van der Waals surface area contributed by atoms with E-state index in [2.05, 4.69) is 5.92 Å². The number of carbonyl (C=O) groups is 1. The fourth-order valence-electron chi connectivity index (χ4n) is 0.753. The van der Waals surface area contributed by atoms with Crippen molar-refractivity contribution in [3.8, 4) is 23.3 Å². The van der Waals surface area contributed by atoms with E-state index in [1.807, 2.05) is 5.92 Å². The van der Waals surface area contributed by atoms with Crippen molar-refractivity contribution in [2.75, 3.05) is 0 Å². The molecule has 0 spiro atoms. The van der Waals surface area contributed by atoms with E-state index in [0.717, 1.165) is 0 Å². The SMILES string of the molecule is O=C(O)C#Cc1cccc(O)c1O.[Li]. The minimum Gasteiger partial charge on any atom is -0.504 e. The van der Waals surface area contributed by atoms with Gasteiger partial charge in [-0.15, -0.1) is 0 Å². The summed E-state index contributed by atoms with van der Waals surface area (Å²) in [5, 5.41) is 26.4. The molecule has 1 radical (unpaired) electrons. The van der Waals surface area contributed by atoms with Gasteiger partial charge in [0, 0.05) is 24.8 Å². The fraction of sp³-hybridized carbons (Fsp3) is 0. The van der Waals surface area contributed by atoms with Crippen molar-refractivity contribution >= 4 is 24.8 Å². The van der Waals surface area contributed by atoms with E-state index in [4.69, 9.17) is 15.3 Å². The van der Waals surface area contributed by atoms with Crippen molar-refractivity contribution in [2.45, 2.75) is 0 Å². The molecule has 0 aliphatic heterocycles. The molecule has 1 aromatic carbocycles. The summed E-state index contributed by atoms with van der Waals surface area (Å²) in [7, 11) is 0. The first kappa shape index (κ1) is 12.4. The summed E-state index contributed by atoms with van der Waals surface area (Å²) in [6.45, 7) is 0. The number of carboxylic acid groups (broad SMARTS) is 1. The first-order chi connectivity index (χ1) is 6.11. The summed E-state index contributed by atoms with van der Waals surface area (Å²) in [5.41, 5.74) is 0.0856. The largest absolute Gasteiger partial charge is 0.504 e. The summed E-state index contributed by atoms with van der Waals surface area (Å²) < 4.78 is 0.